The molecule has 0 aromatic heterocycles. The largest absolute Gasteiger partial charge is 0.489 e. The maximum absolute atomic E-state index is 11.4. The third kappa shape index (κ3) is 5.13. The van der Waals surface area contributed by atoms with Crippen LogP contribution in [0, 0.1) is 0 Å². The van der Waals surface area contributed by atoms with E-state index >= 15 is 0 Å². The van der Waals surface area contributed by atoms with Gasteiger partial charge in [-0.3, -0.25) is 0 Å². The van der Waals surface area contributed by atoms with Crippen LogP contribution in [-0.4, -0.2) is 25.3 Å². The van der Waals surface area contributed by atoms with Crippen molar-refractivity contribution in [2.24, 2.45) is 10.8 Å². The molecule has 0 saturated heterocycles. The summed E-state index contributed by atoms with van der Waals surface area (Å²) >= 11 is 0. The van der Waals surface area contributed by atoms with Crippen LogP contribution >= 0.6 is 0 Å². The fourth-order valence-electron chi connectivity index (χ4n) is 1.84. The summed E-state index contributed by atoms with van der Waals surface area (Å²) in [5.41, 5.74) is 9.23. The second-order valence-electron chi connectivity index (χ2n) is 4.78. The number of hydrogen-bond donors (Lipinski definition) is 2. The van der Waals surface area contributed by atoms with Gasteiger partial charge in [-0.15, -0.1) is 0 Å². The molecule has 24 heavy (non-hydrogen) atoms. The van der Waals surface area contributed by atoms with Crippen LogP contribution in [-0.2, 0) is 11.3 Å². The highest BCUT2D eigenvalue weighted by Crippen LogP contribution is 2.14. The lowest BCUT2D eigenvalue weighted by Gasteiger charge is -2.07. The fourth-order valence-corrected chi connectivity index (χ4v) is 1.84. The maximum Gasteiger partial charge on any atom is 0.337 e. The second-order valence-corrected chi connectivity index (χ2v) is 4.78. The minimum Gasteiger partial charge on any atom is -0.489 e. The monoisotopic (exact) mass is 327 g/mol. The first-order valence-electron chi connectivity index (χ1n) is 7.07. The molecule has 0 aliphatic carbocycles. The number of hydrogen-bond acceptors (Lipinski definition) is 5. The molecule has 2 aromatic carbocycles. The number of methoxy groups -OCH3 is 1. The lowest BCUT2D eigenvalue weighted by atomic mass is 10.1. The Labute approximate surface area is 139 Å². The average Bonchev–Trinajstić information content (AvgIpc) is 2.60. The molecule has 0 saturated carbocycles. The molecule has 2 aromatic rings. The number of nitrogens with two attached hydrogens (primary N) is 1. The highest BCUT2D eigenvalue weighted by molar-refractivity contribution is 5.89. The maximum atomic E-state index is 11.4. The first-order chi connectivity index (χ1) is 11.6. The van der Waals surface area contributed by atoms with E-state index in [1.165, 1.54) is 13.3 Å². The van der Waals surface area contributed by atoms with Gasteiger partial charge in [-0.25, -0.2) is 15.0 Å². The minimum atomic E-state index is -0.718. The Morgan fingerprint density at radius 3 is 2.38 bits per heavy atom. The number of carbonyl (C=O) groups excluding carboxylic acids is 2. The van der Waals surface area contributed by atoms with Crippen molar-refractivity contribution in [2.75, 3.05) is 7.11 Å². The molecular formula is C17H17N3O4. The van der Waals surface area contributed by atoms with Gasteiger partial charge in [0.2, 0.25) is 0 Å². The molecular weight excluding hydrogens is 310 g/mol. The number of esters is 1. The highest BCUT2D eigenvalue weighted by atomic mass is 16.5. The van der Waals surface area contributed by atoms with E-state index in [2.05, 4.69) is 15.3 Å². The van der Waals surface area contributed by atoms with Crippen LogP contribution in [0.3, 0.4) is 0 Å². The number of amides is 2. The molecule has 124 valence electrons. The van der Waals surface area contributed by atoms with Crippen LogP contribution in [0.25, 0.3) is 0 Å². The summed E-state index contributed by atoms with van der Waals surface area (Å²) in [4.78, 5) is 21.8. The Kier molecular flexibility index (Phi) is 5.90. The van der Waals surface area contributed by atoms with Gasteiger partial charge in [0.1, 0.15) is 12.4 Å². The number of rotatable bonds is 6. The van der Waals surface area contributed by atoms with E-state index in [1.807, 2.05) is 12.1 Å². The summed E-state index contributed by atoms with van der Waals surface area (Å²) in [6.07, 6.45) is 1.47. The van der Waals surface area contributed by atoms with E-state index in [1.54, 1.807) is 36.4 Å². The Bertz CT molecular complexity index is 725. The van der Waals surface area contributed by atoms with Crippen LogP contribution in [0.1, 0.15) is 21.5 Å². The third-order valence-corrected chi connectivity index (χ3v) is 3.05. The van der Waals surface area contributed by atoms with Crippen molar-refractivity contribution in [3.05, 3.63) is 65.2 Å². The van der Waals surface area contributed by atoms with E-state index in [9.17, 15) is 9.59 Å². The fraction of sp³-hybridized carbons (Fsp3) is 0.118. The first kappa shape index (κ1) is 17.0. The summed E-state index contributed by atoms with van der Waals surface area (Å²) < 4.78 is 10.3. The van der Waals surface area contributed by atoms with Gasteiger partial charge in [-0.05, 0) is 47.5 Å². The lowest BCUT2D eigenvalue weighted by Crippen LogP contribution is -2.24. The van der Waals surface area contributed by atoms with Crippen LogP contribution in [0.2, 0.25) is 0 Å². The zero-order chi connectivity index (χ0) is 17.4. The highest BCUT2D eigenvalue weighted by Gasteiger charge is 2.04. The van der Waals surface area contributed by atoms with Gasteiger partial charge in [0.05, 0.1) is 18.9 Å². The van der Waals surface area contributed by atoms with Gasteiger partial charge in [0, 0.05) is 0 Å². The molecule has 0 aliphatic heterocycles. The number of carbonyl (C=O) groups is 2. The minimum absolute atomic E-state index is 0.370. The van der Waals surface area contributed by atoms with Crippen molar-refractivity contribution < 1.29 is 19.1 Å². The van der Waals surface area contributed by atoms with Crippen LogP contribution in [0.5, 0.6) is 5.75 Å². The van der Waals surface area contributed by atoms with Crippen molar-refractivity contribution in [1.82, 2.24) is 5.43 Å². The van der Waals surface area contributed by atoms with E-state index in [0.717, 1.165) is 11.1 Å². The smallest absolute Gasteiger partial charge is 0.337 e. The van der Waals surface area contributed by atoms with Gasteiger partial charge in [-0.2, -0.15) is 5.10 Å². The Morgan fingerprint density at radius 2 is 1.79 bits per heavy atom. The Balaban J connectivity index is 1.89. The van der Waals surface area contributed by atoms with Crippen molar-refractivity contribution in [3.63, 3.8) is 0 Å². The van der Waals surface area contributed by atoms with Gasteiger partial charge in [-0.1, -0.05) is 12.1 Å². The lowest BCUT2D eigenvalue weighted by molar-refractivity contribution is 0.0600. The molecule has 2 rings (SSSR count). The number of ether oxygens (including phenoxy) is 2. The summed E-state index contributed by atoms with van der Waals surface area (Å²) in [6.45, 7) is 0.373. The van der Waals surface area contributed by atoms with E-state index in [-0.39, 0.29) is 5.97 Å². The summed E-state index contributed by atoms with van der Waals surface area (Å²) in [7, 11) is 1.34. The quantitative estimate of drug-likeness (QED) is 0.481. The number of benzene rings is 2. The number of nitrogens with zero attached hydrogens (tertiary/aromatic N) is 1. The molecule has 0 radical (unpaired) electrons. The van der Waals surface area contributed by atoms with Gasteiger partial charge < -0.3 is 15.2 Å². The molecule has 2 amide bonds. The van der Waals surface area contributed by atoms with E-state index in [0.29, 0.717) is 17.9 Å². The number of urea groups is 1. The van der Waals surface area contributed by atoms with Crippen molar-refractivity contribution >= 4 is 18.2 Å². The zero-order valence-electron chi connectivity index (χ0n) is 13.1. The van der Waals surface area contributed by atoms with E-state index < -0.39 is 6.03 Å². The van der Waals surface area contributed by atoms with Crippen molar-refractivity contribution in [2.45, 2.75) is 6.61 Å². The second kappa shape index (κ2) is 8.33. The topological polar surface area (TPSA) is 103 Å². The molecule has 0 bridgehead atoms. The average molecular weight is 327 g/mol. The summed E-state index contributed by atoms with van der Waals surface area (Å²) in [5.74, 6) is 0.317. The molecule has 3 N–H and O–H groups in total. The number of primary amides is 1. The molecule has 0 fully saturated rings. The van der Waals surface area contributed by atoms with Crippen LogP contribution in [0.4, 0.5) is 4.79 Å². The molecule has 0 spiro atoms. The zero-order valence-corrected chi connectivity index (χ0v) is 13.1. The molecule has 0 aliphatic rings. The standard InChI is InChI=1S/C17H17N3O4/c1-23-16(21)14-6-2-13(3-7-14)11-24-15-8-4-12(5-9-15)10-19-20-17(18)22/h2-10H,11H2,1H3,(H3,18,20,22)/b19-10-. The summed E-state index contributed by atoms with van der Waals surface area (Å²) in [6, 6.07) is 13.4. The predicted molar refractivity (Wildman–Crippen MR) is 88.9 cm³/mol. The van der Waals surface area contributed by atoms with Crippen molar-refractivity contribution in [1.29, 1.82) is 0 Å². The van der Waals surface area contributed by atoms with Gasteiger partial charge in [0.15, 0.2) is 0 Å². The van der Waals surface area contributed by atoms with Crippen LogP contribution in [0.15, 0.2) is 53.6 Å². The normalized spacial score (nSPS) is 10.4. The molecule has 0 heterocycles. The van der Waals surface area contributed by atoms with Gasteiger partial charge in [0.25, 0.3) is 0 Å². The third-order valence-electron chi connectivity index (χ3n) is 3.05. The number of nitrogens with one attached hydrogen (secondary N) is 1. The molecule has 7 nitrogen and oxygen atoms in total. The number of hydrazone groups is 1. The SMILES string of the molecule is COC(=O)c1ccc(COc2ccc(/C=N\NC(N)=O)cc2)cc1. The first-order valence-corrected chi connectivity index (χ1v) is 7.07. The van der Waals surface area contributed by atoms with Crippen LogP contribution < -0.4 is 15.9 Å². The van der Waals surface area contributed by atoms with Gasteiger partial charge >= 0.3 is 12.0 Å². The van der Waals surface area contributed by atoms with E-state index in [4.69, 9.17) is 10.5 Å². The molecule has 0 unspecified atom stereocenters. The van der Waals surface area contributed by atoms with Crippen molar-refractivity contribution in [3.8, 4) is 5.75 Å². The Morgan fingerprint density at radius 1 is 1.12 bits per heavy atom. The molecule has 0 atom stereocenters. The molecule has 7 heteroatoms. The Hall–Kier alpha value is -3.35. The predicted octanol–water partition coefficient (Wildman–Crippen LogP) is 2.05. The summed E-state index contributed by atoms with van der Waals surface area (Å²) in [5, 5.41) is 3.67.